The van der Waals surface area contributed by atoms with E-state index in [1.165, 1.54) is 10.5 Å². The van der Waals surface area contributed by atoms with Gasteiger partial charge in [0.1, 0.15) is 0 Å². The molecule has 2 aromatic rings. The van der Waals surface area contributed by atoms with Gasteiger partial charge in [0, 0.05) is 15.5 Å². The van der Waals surface area contributed by atoms with Gasteiger partial charge in [0.2, 0.25) is 0 Å². The topological polar surface area (TPSA) is 26.0 Å². The minimum Gasteiger partial charge on any atom is -0.398 e. The summed E-state index contributed by atoms with van der Waals surface area (Å²) in [5.74, 6) is 0.939. The van der Waals surface area contributed by atoms with Crippen molar-refractivity contribution < 1.29 is 0 Å². The van der Waals surface area contributed by atoms with E-state index in [4.69, 9.17) is 17.3 Å². The lowest BCUT2D eigenvalue weighted by Gasteiger charge is -2.05. The Kier molecular flexibility index (Phi) is 4.87. The molecule has 2 rings (SSSR count). The molecule has 0 saturated heterocycles. The number of anilines is 1. The van der Waals surface area contributed by atoms with Crippen LogP contribution in [0.4, 0.5) is 5.69 Å². The van der Waals surface area contributed by atoms with Gasteiger partial charge in [-0.3, -0.25) is 0 Å². The van der Waals surface area contributed by atoms with Crippen LogP contribution in [0.3, 0.4) is 0 Å². The Bertz CT molecular complexity index is 526. The van der Waals surface area contributed by atoms with Crippen LogP contribution in [-0.2, 0) is 5.75 Å². The van der Waals surface area contributed by atoms with Gasteiger partial charge in [-0.05, 0) is 42.2 Å². The van der Waals surface area contributed by atoms with Crippen molar-refractivity contribution in [3.63, 3.8) is 0 Å². The zero-order chi connectivity index (χ0) is 13.0. The summed E-state index contributed by atoms with van der Waals surface area (Å²) >= 11 is 9.51. The number of thioether (sulfide) groups is 2. The predicted molar refractivity (Wildman–Crippen MR) is 83.6 cm³/mol. The molecule has 0 spiro atoms. The first-order valence-electron chi connectivity index (χ1n) is 5.50. The van der Waals surface area contributed by atoms with Crippen LogP contribution in [0.5, 0.6) is 0 Å². The van der Waals surface area contributed by atoms with Crippen molar-refractivity contribution in [3.8, 4) is 0 Å². The zero-order valence-corrected chi connectivity index (χ0v) is 12.4. The summed E-state index contributed by atoms with van der Waals surface area (Å²) in [6.45, 7) is 0. The normalized spacial score (nSPS) is 10.6. The summed E-state index contributed by atoms with van der Waals surface area (Å²) in [6, 6.07) is 14.4. The van der Waals surface area contributed by atoms with Crippen molar-refractivity contribution in [1.82, 2.24) is 0 Å². The summed E-state index contributed by atoms with van der Waals surface area (Å²) < 4.78 is 0. The monoisotopic (exact) mass is 295 g/mol. The SMILES string of the molecule is CSc1ccc(CSc2ccc(N)c(Cl)c2)cc1. The molecule has 0 radical (unpaired) electrons. The molecular formula is C14H14ClNS2. The van der Waals surface area contributed by atoms with Crippen LogP contribution < -0.4 is 5.73 Å². The molecule has 2 aromatic carbocycles. The number of hydrogen-bond donors (Lipinski definition) is 1. The van der Waals surface area contributed by atoms with Crippen LogP contribution in [0.25, 0.3) is 0 Å². The molecule has 0 saturated carbocycles. The van der Waals surface area contributed by atoms with Crippen LogP contribution in [0, 0.1) is 0 Å². The number of benzene rings is 2. The van der Waals surface area contributed by atoms with Crippen molar-refractivity contribution in [1.29, 1.82) is 0 Å². The fraction of sp³-hybridized carbons (Fsp3) is 0.143. The van der Waals surface area contributed by atoms with Crippen molar-refractivity contribution in [2.24, 2.45) is 0 Å². The average Bonchev–Trinajstić information content (AvgIpc) is 2.41. The van der Waals surface area contributed by atoms with Crippen molar-refractivity contribution in [3.05, 3.63) is 53.1 Å². The lowest BCUT2D eigenvalue weighted by Crippen LogP contribution is -1.86. The van der Waals surface area contributed by atoms with E-state index in [1.807, 2.05) is 18.2 Å². The minimum atomic E-state index is 0.623. The second kappa shape index (κ2) is 6.41. The molecule has 94 valence electrons. The Morgan fingerprint density at radius 3 is 2.33 bits per heavy atom. The second-order valence-corrected chi connectivity index (χ2v) is 6.16. The van der Waals surface area contributed by atoms with E-state index < -0.39 is 0 Å². The molecular weight excluding hydrogens is 282 g/mol. The average molecular weight is 296 g/mol. The lowest BCUT2D eigenvalue weighted by molar-refractivity contribution is 1.34. The van der Waals surface area contributed by atoms with Gasteiger partial charge in [-0.1, -0.05) is 23.7 Å². The molecule has 1 nitrogen and oxygen atoms in total. The lowest BCUT2D eigenvalue weighted by atomic mass is 10.2. The molecule has 2 N–H and O–H groups in total. The Hall–Kier alpha value is -0.770. The first-order valence-corrected chi connectivity index (χ1v) is 8.08. The third-order valence-electron chi connectivity index (χ3n) is 2.54. The summed E-state index contributed by atoms with van der Waals surface area (Å²) in [6.07, 6.45) is 2.08. The molecule has 0 amide bonds. The molecule has 0 aliphatic heterocycles. The smallest absolute Gasteiger partial charge is 0.0646 e. The van der Waals surface area contributed by atoms with Crippen LogP contribution in [0.2, 0.25) is 5.02 Å². The van der Waals surface area contributed by atoms with Gasteiger partial charge in [0.15, 0.2) is 0 Å². The predicted octanol–water partition coefficient (Wildman–Crippen LogP) is 4.94. The van der Waals surface area contributed by atoms with Crippen molar-refractivity contribution in [2.45, 2.75) is 15.5 Å². The number of nitrogens with two attached hydrogens (primary N) is 1. The Labute approximate surface area is 121 Å². The Morgan fingerprint density at radius 2 is 1.72 bits per heavy atom. The highest BCUT2D eigenvalue weighted by Crippen LogP contribution is 2.29. The van der Waals surface area contributed by atoms with Crippen molar-refractivity contribution >= 4 is 40.8 Å². The number of rotatable bonds is 4. The third kappa shape index (κ3) is 3.61. The minimum absolute atomic E-state index is 0.623. The van der Waals surface area contributed by atoms with E-state index in [0.29, 0.717) is 10.7 Å². The highest BCUT2D eigenvalue weighted by Gasteiger charge is 2.00. The quantitative estimate of drug-likeness (QED) is 0.639. The second-order valence-electron chi connectivity index (χ2n) is 3.82. The maximum Gasteiger partial charge on any atom is 0.0646 e. The molecule has 0 fully saturated rings. The summed E-state index contributed by atoms with van der Waals surface area (Å²) in [5, 5.41) is 0.623. The Balaban J connectivity index is 1.99. The zero-order valence-electron chi connectivity index (χ0n) is 10.0. The molecule has 0 aromatic heterocycles. The van der Waals surface area contributed by atoms with Gasteiger partial charge < -0.3 is 5.73 Å². The van der Waals surface area contributed by atoms with E-state index in [2.05, 4.69) is 30.5 Å². The molecule has 0 aliphatic rings. The first-order chi connectivity index (χ1) is 8.69. The number of nitrogen functional groups attached to an aromatic ring is 1. The molecule has 4 heteroatoms. The standard InChI is InChI=1S/C14H14ClNS2/c1-17-11-4-2-10(3-5-11)9-18-12-6-7-14(16)13(15)8-12/h2-8H,9,16H2,1H3. The highest BCUT2D eigenvalue weighted by molar-refractivity contribution is 7.98. The largest absolute Gasteiger partial charge is 0.398 e. The van der Waals surface area contributed by atoms with Crippen LogP contribution in [0.15, 0.2) is 52.3 Å². The summed E-state index contributed by atoms with van der Waals surface area (Å²) in [5.41, 5.74) is 7.63. The van der Waals surface area contributed by atoms with E-state index in [0.717, 1.165) is 10.6 Å². The van der Waals surface area contributed by atoms with E-state index in [1.54, 1.807) is 23.5 Å². The number of halogens is 1. The third-order valence-corrected chi connectivity index (χ3v) is 4.67. The molecule has 18 heavy (non-hydrogen) atoms. The highest BCUT2D eigenvalue weighted by atomic mass is 35.5. The van der Waals surface area contributed by atoms with Gasteiger partial charge in [-0.15, -0.1) is 23.5 Å². The maximum absolute atomic E-state index is 5.99. The van der Waals surface area contributed by atoms with Crippen LogP contribution >= 0.6 is 35.1 Å². The number of hydrogen-bond acceptors (Lipinski definition) is 3. The summed E-state index contributed by atoms with van der Waals surface area (Å²) in [7, 11) is 0. The fourth-order valence-electron chi connectivity index (χ4n) is 1.49. The van der Waals surface area contributed by atoms with Gasteiger partial charge in [0.05, 0.1) is 10.7 Å². The fourth-order valence-corrected chi connectivity index (χ4v) is 3.03. The molecule has 0 aliphatic carbocycles. The molecule has 0 heterocycles. The van der Waals surface area contributed by atoms with Gasteiger partial charge in [-0.2, -0.15) is 0 Å². The van der Waals surface area contributed by atoms with Crippen LogP contribution in [0.1, 0.15) is 5.56 Å². The van der Waals surface area contributed by atoms with Gasteiger partial charge in [0.25, 0.3) is 0 Å². The maximum atomic E-state index is 5.99. The van der Waals surface area contributed by atoms with Gasteiger partial charge in [-0.25, -0.2) is 0 Å². The first kappa shape index (κ1) is 13.7. The molecule has 0 unspecified atom stereocenters. The Morgan fingerprint density at radius 1 is 1.06 bits per heavy atom. The van der Waals surface area contributed by atoms with E-state index >= 15 is 0 Å². The summed E-state index contributed by atoms with van der Waals surface area (Å²) in [4.78, 5) is 2.43. The van der Waals surface area contributed by atoms with E-state index in [9.17, 15) is 0 Å². The molecule has 0 bridgehead atoms. The van der Waals surface area contributed by atoms with Gasteiger partial charge >= 0.3 is 0 Å². The van der Waals surface area contributed by atoms with Crippen LogP contribution in [-0.4, -0.2) is 6.26 Å². The molecule has 0 atom stereocenters. The van der Waals surface area contributed by atoms with Crippen molar-refractivity contribution in [2.75, 3.05) is 12.0 Å². The van der Waals surface area contributed by atoms with E-state index in [-0.39, 0.29) is 0 Å².